The number of halogens is 1. The molecule has 0 radical (unpaired) electrons. The summed E-state index contributed by atoms with van der Waals surface area (Å²) in [5, 5.41) is 6.50. The molecule has 0 aliphatic heterocycles. The van der Waals surface area contributed by atoms with Crippen LogP contribution in [0.5, 0.6) is 0 Å². The molecule has 0 saturated carbocycles. The van der Waals surface area contributed by atoms with E-state index in [1.807, 2.05) is 38.1 Å². The van der Waals surface area contributed by atoms with E-state index in [0.29, 0.717) is 5.02 Å². The van der Waals surface area contributed by atoms with E-state index in [1.54, 1.807) is 6.08 Å². The van der Waals surface area contributed by atoms with E-state index in [4.69, 9.17) is 16.3 Å². The number of carbonyl (C=O) groups excluding carboxylic acids is 3. The van der Waals surface area contributed by atoms with Gasteiger partial charge in [-0.15, -0.1) is 11.3 Å². The topological polar surface area (TPSA) is 84.5 Å². The average molecular weight is 395 g/mol. The highest BCUT2D eigenvalue weighted by Crippen LogP contribution is 2.35. The van der Waals surface area contributed by atoms with Gasteiger partial charge in [-0.25, -0.2) is 4.79 Å². The summed E-state index contributed by atoms with van der Waals surface area (Å²) in [6.45, 7) is 3.01. The Kier molecular flexibility index (Phi) is 7.17. The standard InChI is InChI=1S/C18H19ClN2O4S/c1-11(2)21-15(22)9-20-16(23)10-25-17(24)8-7-14-18(19)12-5-3-4-6-13(12)26-14/h3-8,11H,9-10H2,1-2H3,(H,20,23)(H,21,22)/b8-7+. The molecule has 0 unspecified atom stereocenters. The zero-order valence-electron chi connectivity index (χ0n) is 14.4. The molecule has 1 heterocycles. The molecule has 138 valence electrons. The Morgan fingerprint density at radius 1 is 1.23 bits per heavy atom. The predicted molar refractivity (Wildman–Crippen MR) is 103 cm³/mol. The summed E-state index contributed by atoms with van der Waals surface area (Å²) in [7, 11) is 0. The van der Waals surface area contributed by atoms with Gasteiger partial charge in [-0.2, -0.15) is 0 Å². The smallest absolute Gasteiger partial charge is 0.331 e. The van der Waals surface area contributed by atoms with Crippen LogP contribution in [-0.2, 0) is 19.1 Å². The van der Waals surface area contributed by atoms with Crippen LogP contribution in [0.25, 0.3) is 16.2 Å². The average Bonchev–Trinajstić information content (AvgIpc) is 2.92. The highest BCUT2D eigenvalue weighted by atomic mass is 35.5. The quantitative estimate of drug-likeness (QED) is 0.558. The van der Waals surface area contributed by atoms with Gasteiger partial charge in [0, 0.05) is 27.1 Å². The minimum absolute atomic E-state index is 0.0110. The first-order valence-corrected chi connectivity index (χ1v) is 9.14. The first kappa shape index (κ1) is 19.9. The first-order valence-electron chi connectivity index (χ1n) is 7.94. The van der Waals surface area contributed by atoms with E-state index in [9.17, 15) is 14.4 Å². The number of benzene rings is 1. The van der Waals surface area contributed by atoms with Gasteiger partial charge in [0.1, 0.15) is 0 Å². The molecule has 0 bridgehead atoms. The van der Waals surface area contributed by atoms with Gasteiger partial charge >= 0.3 is 5.97 Å². The van der Waals surface area contributed by atoms with E-state index in [1.165, 1.54) is 17.4 Å². The van der Waals surface area contributed by atoms with Crippen molar-refractivity contribution < 1.29 is 19.1 Å². The second-order valence-corrected chi connectivity index (χ2v) is 7.18. The number of rotatable bonds is 7. The lowest BCUT2D eigenvalue weighted by atomic mass is 10.2. The molecule has 6 nitrogen and oxygen atoms in total. The Bertz CT molecular complexity index is 845. The molecule has 1 aromatic heterocycles. The van der Waals surface area contributed by atoms with Gasteiger partial charge in [-0.3, -0.25) is 9.59 Å². The molecule has 2 aromatic rings. The highest BCUT2D eigenvalue weighted by molar-refractivity contribution is 7.20. The molecule has 0 aliphatic rings. The summed E-state index contributed by atoms with van der Waals surface area (Å²) >= 11 is 7.74. The normalized spacial score (nSPS) is 11.1. The zero-order chi connectivity index (χ0) is 19.1. The monoisotopic (exact) mass is 394 g/mol. The number of esters is 1. The summed E-state index contributed by atoms with van der Waals surface area (Å²) in [5.74, 6) is -1.52. The van der Waals surface area contributed by atoms with Crippen LogP contribution in [0.2, 0.25) is 5.02 Å². The molecule has 0 saturated heterocycles. The lowest BCUT2D eigenvalue weighted by molar-refractivity contribution is -0.143. The Morgan fingerprint density at radius 3 is 2.65 bits per heavy atom. The summed E-state index contributed by atoms with van der Waals surface area (Å²) in [4.78, 5) is 35.4. The van der Waals surface area contributed by atoms with Crippen LogP contribution in [0.3, 0.4) is 0 Å². The third kappa shape index (κ3) is 5.86. The lowest BCUT2D eigenvalue weighted by Gasteiger charge is -2.09. The molecule has 0 aliphatic carbocycles. The van der Waals surface area contributed by atoms with Crippen LogP contribution >= 0.6 is 22.9 Å². The van der Waals surface area contributed by atoms with Crippen molar-refractivity contribution >= 4 is 56.9 Å². The minimum Gasteiger partial charge on any atom is -0.452 e. The van der Waals surface area contributed by atoms with E-state index < -0.39 is 18.5 Å². The molecule has 1 aromatic carbocycles. The van der Waals surface area contributed by atoms with Crippen molar-refractivity contribution in [3.63, 3.8) is 0 Å². The fourth-order valence-electron chi connectivity index (χ4n) is 2.07. The second-order valence-electron chi connectivity index (χ2n) is 5.72. The lowest BCUT2D eigenvalue weighted by Crippen LogP contribution is -2.41. The van der Waals surface area contributed by atoms with E-state index >= 15 is 0 Å². The molecule has 8 heteroatoms. The largest absolute Gasteiger partial charge is 0.452 e. The van der Waals surface area contributed by atoms with Gasteiger partial charge in [-0.05, 0) is 26.0 Å². The van der Waals surface area contributed by atoms with Crippen molar-refractivity contribution in [2.75, 3.05) is 13.2 Å². The number of amides is 2. The molecule has 2 N–H and O–H groups in total. The molecule has 2 rings (SSSR count). The Balaban J connectivity index is 1.80. The maximum Gasteiger partial charge on any atom is 0.331 e. The number of hydrogen-bond donors (Lipinski definition) is 2. The summed E-state index contributed by atoms with van der Waals surface area (Å²) < 4.78 is 5.86. The first-order chi connectivity index (χ1) is 12.4. The molecule has 0 atom stereocenters. The zero-order valence-corrected chi connectivity index (χ0v) is 15.9. The number of thiophene rings is 1. The third-order valence-electron chi connectivity index (χ3n) is 3.17. The van der Waals surface area contributed by atoms with Gasteiger partial charge in [0.15, 0.2) is 6.61 Å². The van der Waals surface area contributed by atoms with Crippen LogP contribution in [0.4, 0.5) is 0 Å². The number of hydrogen-bond acceptors (Lipinski definition) is 5. The van der Waals surface area contributed by atoms with Crippen LogP contribution in [-0.4, -0.2) is 37.0 Å². The minimum atomic E-state index is -0.666. The van der Waals surface area contributed by atoms with E-state index in [-0.39, 0.29) is 18.5 Å². The van der Waals surface area contributed by atoms with Crippen molar-refractivity contribution in [1.29, 1.82) is 0 Å². The van der Waals surface area contributed by atoms with Crippen molar-refractivity contribution in [3.05, 3.63) is 40.2 Å². The van der Waals surface area contributed by atoms with Crippen molar-refractivity contribution in [2.24, 2.45) is 0 Å². The van der Waals surface area contributed by atoms with E-state index in [2.05, 4.69) is 10.6 Å². The fourth-order valence-corrected chi connectivity index (χ4v) is 3.47. The third-order valence-corrected chi connectivity index (χ3v) is 4.83. The van der Waals surface area contributed by atoms with Crippen LogP contribution in [0.15, 0.2) is 30.3 Å². The molecule has 0 fully saturated rings. The fraction of sp³-hybridized carbons (Fsp3) is 0.278. The Labute approximate surface area is 160 Å². The number of fused-ring (bicyclic) bond motifs is 1. The number of carbonyl (C=O) groups is 3. The summed E-state index contributed by atoms with van der Waals surface area (Å²) in [6, 6.07) is 7.65. The molecular formula is C18H19ClN2O4S. The number of nitrogens with one attached hydrogen (secondary N) is 2. The van der Waals surface area contributed by atoms with Crippen LogP contribution in [0, 0.1) is 0 Å². The number of ether oxygens (including phenoxy) is 1. The van der Waals surface area contributed by atoms with Gasteiger partial charge in [0.05, 0.1) is 11.6 Å². The van der Waals surface area contributed by atoms with Crippen LogP contribution in [0.1, 0.15) is 18.7 Å². The highest BCUT2D eigenvalue weighted by Gasteiger charge is 2.10. The van der Waals surface area contributed by atoms with Gasteiger partial charge < -0.3 is 15.4 Å². The SMILES string of the molecule is CC(C)NC(=O)CNC(=O)COC(=O)/C=C/c1sc2ccccc2c1Cl. The van der Waals surface area contributed by atoms with Gasteiger partial charge in [0.25, 0.3) is 5.91 Å². The Hall–Kier alpha value is -2.38. The maximum absolute atomic E-state index is 11.7. The van der Waals surface area contributed by atoms with Gasteiger partial charge in [-0.1, -0.05) is 29.8 Å². The van der Waals surface area contributed by atoms with Crippen LogP contribution < -0.4 is 10.6 Å². The second kappa shape index (κ2) is 9.35. The molecule has 0 spiro atoms. The predicted octanol–water partition coefficient (Wildman–Crippen LogP) is 2.75. The van der Waals surface area contributed by atoms with Crippen molar-refractivity contribution in [3.8, 4) is 0 Å². The molecular weight excluding hydrogens is 376 g/mol. The maximum atomic E-state index is 11.7. The van der Waals surface area contributed by atoms with E-state index in [0.717, 1.165) is 15.0 Å². The van der Waals surface area contributed by atoms with Crippen molar-refractivity contribution in [2.45, 2.75) is 19.9 Å². The van der Waals surface area contributed by atoms with Crippen molar-refractivity contribution in [1.82, 2.24) is 10.6 Å². The molecule has 26 heavy (non-hydrogen) atoms. The van der Waals surface area contributed by atoms with Gasteiger partial charge in [0.2, 0.25) is 5.91 Å². The summed E-state index contributed by atoms with van der Waals surface area (Å²) in [5.41, 5.74) is 0. The summed E-state index contributed by atoms with van der Waals surface area (Å²) in [6.07, 6.45) is 2.78. The Morgan fingerprint density at radius 2 is 1.96 bits per heavy atom. The molecule has 2 amide bonds.